The molecule has 1 saturated carbocycles. The van der Waals surface area contributed by atoms with Gasteiger partial charge in [-0.2, -0.15) is 0 Å². The van der Waals surface area contributed by atoms with Gasteiger partial charge in [-0.05, 0) is 42.7 Å². The van der Waals surface area contributed by atoms with E-state index in [0.717, 1.165) is 30.6 Å². The van der Waals surface area contributed by atoms with Crippen molar-refractivity contribution in [3.05, 3.63) is 66.0 Å². The van der Waals surface area contributed by atoms with Crippen LogP contribution in [0.3, 0.4) is 0 Å². The van der Waals surface area contributed by atoms with Crippen molar-refractivity contribution in [3.8, 4) is 0 Å². The minimum atomic E-state index is -0.445. The molecule has 0 heterocycles. The standard InChI is InChI=1S/C19H21FN2O/c1-22(17-5-3-2-4-6-17)14-13-21-18(23)19(11-12-19)15-7-9-16(20)10-8-15/h2-10H,11-14H2,1H3,(H,21,23). The lowest BCUT2D eigenvalue weighted by atomic mass is 9.95. The number of nitrogens with zero attached hydrogens (tertiary/aromatic N) is 1. The van der Waals surface area contributed by atoms with E-state index in [-0.39, 0.29) is 11.7 Å². The molecule has 0 bridgehead atoms. The summed E-state index contributed by atoms with van der Waals surface area (Å²) in [5, 5.41) is 3.02. The van der Waals surface area contributed by atoms with Crippen LogP contribution in [0.25, 0.3) is 0 Å². The third kappa shape index (κ3) is 3.36. The van der Waals surface area contributed by atoms with E-state index in [1.165, 1.54) is 12.1 Å². The van der Waals surface area contributed by atoms with Gasteiger partial charge in [-0.25, -0.2) is 4.39 Å². The van der Waals surface area contributed by atoms with E-state index >= 15 is 0 Å². The van der Waals surface area contributed by atoms with Crippen molar-refractivity contribution in [2.45, 2.75) is 18.3 Å². The molecule has 0 aromatic heterocycles. The maximum absolute atomic E-state index is 13.0. The van der Waals surface area contributed by atoms with Gasteiger partial charge in [-0.15, -0.1) is 0 Å². The Bertz CT molecular complexity index is 666. The van der Waals surface area contributed by atoms with Gasteiger partial charge in [-0.1, -0.05) is 30.3 Å². The lowest BCUT2D eigenvalue weighted by Gasteiger charge is -2.21. The molecule has 1 aliphatic carbocycles. The highest BCUT2D eigenvalue weighted by atomic mass is 19.1. The van der Waals surface area contributed by atoms with Gasteiger partial charge in [0.15, 0.2) is 0 Å². The molecule has 1 amide bonds. The van der Waals surface area contributed by atoms with Crippen LogP contribution in [0.2, 0.25) is 0 Å². The Morgan fingerprint density at radius 2 is 1.78 bits per heavy atom. The van der Waals surface area contributed by atoms with Crippen molar-refractivity contribution in [1.29, 1.82) is 0 Å². The Morgan fingerprint density at radius 1 is 1.13 bits per heavy atom. The number of hydrogen-bond acceptors (Lipinski definition) is 2. The fraction of sp³-hybridized carbons (Fsp3) is 0.316. The lowest BCUT2D eigenvalue weighted by molar-refractivity contribution is -0.123. The van der Waals surface area contributed by atoms with Crippen LogP contribution in [-0.2, 0) is 10.2 Å². The number of carbonyl (C=O) groups is 1. The van der Waals surface area contributed by atoms with Crippen LogP contribution in [0.1, 0.15) is 18.4 Å². The quantitative estimate of drug-likeness (QED) is 0.889. The highest BCUT2D eigenvalue weighted by molar-refractivity contribution is 5.91. The maximum Gasteiger partial charge on any atom is 0.230 e. The second-order valence-electron chi connectivity index (χ2n) is 6.10. The Kier molecular flexibility index (Phi) is 4.33. The normalized spacial score (nSPS) is 15.0. The van der Waals surface area contributed by atoms with Crippen LogP contribution in [0.15, 0.2) is 54.6 Å². The number of likely N-dealkylation sites (N-methyl/N-ethyl adjacent to an activating group) is 1. The van der Waals surface area contributed by atoms with Gasteiger partial charge in [-0.3, -0.25) is 4.79 Å². The summed E-state index contributed by atoms with van der Waals surface area (Å²) in [6.45, 7) is 1.34. The number of hydrogen-bond donors (Lipinski definition) is 1. The van der Waals surface area contributed by atoms with E-state index in [2.05, 4.69) is 10.2 Å². The molecule has 3 nitrogen and oxygen atoms in total. The van der Waals surface area contributed by atoms with E-state index in [4.69, 9.17) is 0 Å². The van der Waals surface area contributed by atoms with Crippen molar-refractivity contribution in [2.24, 2.45) is 0 Å². The smallest absolute Gasteiger partial charge is 0.230 e. The van der Waals surface area contributed by atoms with Crippen LogP contribution >= 0.6 is 0 Å². The monoisotopic (exact) mass is 312 g/mol. The Balaban J connectivity index is 1.54. The topological polar surface area (TPSA) is 32.3 Å². The van der Waals surface area contributed by atoms with Crippen LogP contribution in [0.4, 0.5) is 10.1 Å². The van der Waals surface area contributed by atoms with Gasteiger partial charge in [0.05, 0.1) is 5.41 Å². The summed E-state index contributed by atoms with van der Waals surface area (Å²) >= 11 is 0. The van der Waals surface area contributed by atoms with Crippen LogP contribution in [-0.4, -0.2) is 26.0 Å². The minimum Gasteiger partial charge on any atom is -0.373 e. The van der Waals surface area contributed by atoms with Crippen molar-refractivity contribution < 1.29 is 9.18 Å². The summed E-state index contributed by atoms with van der Waals surface area (Å²) in [6.07, 6.45) is 1.66. The molecule has 0 atom stereocenters. The number of para-hydroxylation sites is 1. The molecule has 23 heavy (non-hydrogen) atoms. The number of rotatable bonds is 6. The van der Waals surface area contributed by atoms with Gasteiger partial charge in [0.1, 0.15) is 5.82 Å². The lowest BCUT2D eigenvalue weighted by Crippen LogP contribution is -2.39. The Morgan fingerprint density at radius 3 is 2.39 bits per heavy atom. The van der Waals surface area contributed by atoms with Crippen molar-refractivity contribution in [1.82, 2.24) is 5.32 Å². The highest BCUT2D eigenvalue weighted by Gasteiger charge is 2.50. The maximum atomic E-state index is 13.0. The fourth-order valence-corrected chi connectivity index (χ4v) is 2.86. The minimum absolute atomic E-state index is 0.0468. The first-order valence-corrected chi connectivity index (χ1v) is 7.92. The summed E-state index contributed by atoms with van der Waals surface area (Å²) in [7, 11) is 2.01. The molecule has 1 aliphatic rings. The molecule has 1 fully saturated rings. The van der Waals surface area contributed by atoms with Gasteiger partial charge in [0, 0.05) is 25.8 Å². The van der Waals surface area contributed by atoms with Gasteiger partial charge in [0.2, 0.25) is 5.91 Å². The van der Waals surface area contributed by atoms with Crippen molar-refractivity contribution in [3.63, 3.8) is 0 Å². The zero-order valence-corrected chi connectivity index (χ0v) is 13.3. The van der Waals surface area contributed by atoms with E-state index in [0.29, 0.717) is 6.54 Å². The summed E-state index contributed by atoms with van der Waals surface area (Å²) in [4.78, 5) is 14.6. The molecule has 2 aromatic carbocycles. The average molecular weight is 312 g/mol. The third-order valence-electron chi connectivity index (χ3n) is 4.51. The predicted molar refractivity (Wildman–Crippen MR) is 90.0 cm³/mol. The second kappa shape index (κ2) is 6.41. The van der Waals surface area contributed by atoms with Gasteiger partial charge in [0.25, 0.3) is 0 Å². The first-order chi connectivity index (χ1) is 11.1. The molecule has 0 aliphatic heterocycles. The molecule has 0 saturated heterocycles. The van der Waals surface area contributed by atoms with Crippen LogP contribution in [0, 0.1) is 5.82 Å². The highest BCUT2D eigenvalue weighted by Crippen LogP contribution is 2.48. The SMILES string of the molecule is CN(CCNC(=O)C1(c2ccc(F)cc2)CC1)c1ccccc1. The van der Waals surface area contributed by atoms with Gasteiger partial charge >= 0.3 is 0 Å². The van der Waals surface area contributed by atoms with Crippen molar-refractivity contribution >= 4 is 11.6 Å². The predicted octanol–water partition coefficient (Wildman–Crippen LogP) is 3.11. The zero-order valence-electron chi connectivity index (χ0n) is 13.3. The molecule has 3 rings (SSSR count). The molecule has 4 heteroatoms. The fourth-order valence-electron chi connectivity index (χ4n) is 2.86. The molecule has 0 radical (unpaired) electrons. The number of carbonyl (C=O) groups excluding carboxylic acids is 1. The van der Waals surface area contributed by atoms with E-state index in [1.807, 2.05) is 37.4 Å². The van der Waals surface area contributed by atoms with Gasteiger partial charge < -0.3 is 10.2 Å². The average Bonchev–Trinajstić information content (AvgIpc) is 3.38. The largest absolute Gasteiger partial charge is 0.373 e. The molecule has 2 aromatic rings. The van der Waals surface area contributed by atoms with Crippen molar-refractivity contribution in [2.75, 3.05) is 25.0 Å². The summed E-state index contributed by atoms with van der Waals surface area (Å²) in [5.74, 6) is -0.222. The molecular weight excluding hydrogens is 291 g/mol. The molecule has 0 unspecified atom stereocenters. The Labute approximate surface area is 136 Å². The Hall–Kier alpha value is -2.36. The summed E-state index contributed by atoms with van der Waals surface area (Å²) in [5.41, 5.74) is 1.59. The second-order valence-corrected chi connectivity index (χ2v) is 6.10. The first-order valence-electron chi connectivity index (χ1n) is 7.92. The number of nitrogens with one attached hydrogen (secondary N) is 1. The first kappa shape index (κ1) is 15.5. The molecule has 1 N–H and O–H groups in total. The number of halogens is 1. The summed E-state index contributed by atoms with van der Waals surface area (Å²) in [6, 6.07) is 16.4. The van der Waals surface area contributed by atoms with Crippen LogP contribution in [0.5, 0.6) is 0 Å². The molecule has 120 valence electrons. The molecular formula is C19H21FN2O. The van der Waals surface area contributed by atoms with E-state index in [1.54, 1.807) is 12.1 Å². The summed E-state index contributed by atoms with van der Waals surface area (Å²) < 4.78 is 13.0. The van der Waals surface area contributed by atoms with Crippen LogP contribution < -0.4 is 10.2 Å². The van der Waals surface area contributed by atoms with E-state index in [9.17, 15) is 9.18 Å². The zero-order chi connectivity index (χ0) is 16.3. The third-order valence-corrected chi connectivity index (χ3v) is 4.51. The number of benzene rings is 2. The number of anilines is 1. The molecule has 0 spiro atoms. The van der Waals surface area contributed by atoms with E-state index < -0.39 is 5.41 Å². The number of amides is 1.